The van der Waals surface area contributed by atoms with E-state index in [1.54, 1.807) is 40.3 Å². The Morgan fingerprint density at radius 3 is 2.25 bits per heavy atom. The molecule has 0 aliphatic rings. The first-order chi connectivity index (χ1) is 15.4. The summed E-state index contributed by atoms with van der Waals surface area (Å²) in [7, 11) is 8.33. The van der Waals surface area contributed by atoms with Crippen LogP contribution in [0.5, 0.6) is 17.2 Å². The van der Waals surface area contributed by atoms with Gasteiger partial charge in [-0.05, 0) is 31.0 Å². The number of ether oxygens (including phenoxy) is 3. The number of guanidine groups is 1. The van der Waals surface area contributed by atoms with E-state index in [1.165, 1.54) is 0 Å². The van der Waals surface area contributed by atoms with Gasteiger partial charge in [0, 0.05) is 44.9 Å². The third-order valence-electron chi connectivity index (χ3n) is 4.84. The van der Waals surface area contributed by atoms with Crippen LogP contribution < -0.4 is 24.8 Å². The van der Waals surface area contributed by atoms with Gasteiger partial charge in [0.15, 0.2) is 5.96 Å². The monoisotopic (exact) mass is 442 g/mol. The zero-order valence-corrected chi connectivity index (χ0v) is 19.8. The molecule has 0 atom stereocenters. The second kappa shape index (κ2) is 12.4. The van der Waals surface area contributed by atoms with E-state index in [4.69, 9.17) is 14.2 Å². The Morgan fingerprint density at radius 2 is 1.69 bits per heavy atom. The van der Waals surface area contributed by atoms with E-state index in [2.05, 4.69) is 15.6 Å². The molecule has 8 nitrogen and oxygen atoms in total. The predicted octanol–water partition coefficient (Wildman–Crippen LogP) is 2.71. The molecule has 0 aliphatic carbocycles. The molecule has 174 valence electrons. The number of carbonyl (C=O) groups excluding carboxylic acids is 1. The molecule has 2 aromatic carbocycles. The zero-order valence-electron chi connectivity index (χ0n) is 19.8. The zero-order chi connectivity index (χ0) is 23.5. The Bertz CT molecular complexity index is 903. The molecule has 0 heterocycles. The van der Waals surface area contributed by atoms with E-state index in [-0.39, 0.29) is 5.91 Å². The van der Waals surface area contributed by atoms with Crippen LogP contribution in [0.4, 0.5) is 0 Å². The van der Waals surface area contributed by atoms with Crippen molar-refractivity contribution in [3.05, 3.63) is 53.1 Å². The summed E-state index contributed by atoms with van der Waals surface area (Å²) in [5, 5.41) is 6.60. The molecular weight excluding hydrogens is 408 g/mol. The molecule has 0 radical (unpaired) electrons. The van der Waals surface area contributed by atoms with Gasteiger partial charge in [-0.15, -0.1) is 0 Å². The molecular formula is C24H34N4O4. The molecule has 8 heteroatoms. The van der Waals surface area contributed by atoms with Gasteiger partial charge in [0.05, 0.1) is 33.4 Å². The number of rotatable bonds is 10. The average molecular weight is 443 g/mol. The fourth-order valence-electron chi connectivity index (χ4n) is 3.18. The number of hydrogen-bond donors (Lipinski definition) is 2. The lowest BCUT2D eigenvalue weighted by Crippen LogP contribution is -2.38. The maximum absolute atomic E-state index is 12.2. The molecule has 0 saturated heterocycles. The molecule has 2 aromatic rings. The summed E-state index contributed by atoms with van der Waals surface area (Å²) in [6.45, 7) is 3.79. The van der Waals surface area contributed by atoms with Gasteiger partial charge >= 0.3 is 0 Å². The molecule has 2 N–H and O–H groups in total. The van der Waals surface area contributed by atoms with Crippen molar-refractivity contribution in [2.24, 2.45) is 4.99 Å². The van der Waals surface area contributed by atoms with Crippen LogP contribution in [-0.2, 0) is 13.0 Å². The Morgan fingerprint density at radius 1 is 1.00 bits per heavy atom. The highest BCUT2D eigenvalue weighted by molar-refractivity contribution is 5.94. The highest BCUT2D eigenvalue weighted by Crippen LogP contribution is 2.34. The Labute approximate surface area is 190 Å². The van der Waals surface area contributed by atoms with E-state index < -0.39 is 0 Å². The number of carbonyl (C=O) groups is 1. The van der Waals surface area contributed by atoms with Gasteiger partial charge in [0.2, 0.25) is 0 Å². The predicted molar refractivity (Wildman–Crippen MR) is 127 cm³/mol. The van der Waals surface area contributed by atoms with E-state index in [9.17, 15) is 4.79 Å². The molecule has 0 aliphatic heterocycles. The minimum atomic E-state index is -0.00269. The smallest absolute Gasteiger partial charge is 0.253 e. The molecule has 0 saturated carbocycles. The Hall–Kier alpha value is -3.42. The SMILES string of the molecule is CCNC(=NCc1c(OC)cc(OC)cc1OC)NCCc1cccc(C(=O)N(C)C)c1. The van der Waals surface area contributed by atoms with Crippen LogP contribution >= 0.6 is 0 Å². The number of nitrogens with zero attached hydrogens (tertiary/aromatic N) is 2. The van der Waals surface area contributed by atoms with Crippen molar-refractivity contribution in [1.82, 2.24) is 15.5 Å². The summed E-state index contributed by atoms with van der Waals surface area (Å²) in [5.74, 6) is 2.66. The first-order valence-electron chi connectivity index (χ1n) is 10.5. The fourth-order valence-corrected chi connectivity index (χ4v) is 3.18. The second-order valence-electron chi connectivity index (χ2n) is 7.28. The van der Waals surface area contributed by atoms with Crippen LogP contribution in [-0.4, -0.2) is 65.3 Å². The van der Waals surface area contributed by atoms with Crippen molar-refractivity contribution < 1.29 is 19.0 Å². The van der Waals surface area contributed by atoms with Gasteiger partial charge < -0.3 is 29.7 Å². The summed E-state index contributed by atoms with van der Waals surface area (Å²) in [5.41, 5.74) is 2.61. The quantitative estimate of drug-likeness (QED) is 0.435. The number of methoxy groups -OCH3 is 3. The lowest BCUT2D eigenvalue weighted by atomic mass is 10.1. The van der Waals surface area contributed by atoms with Gasteiger partial charge in [0.25, 0.3) is 5.91 Å². The van der Waals surface area contributed by atoms with Crippen LogP contribution in [0.15, 0.2) is 41.4 Å². The van der Waals surface area contributed by atoms with Crippen LogP contribution in [0.1, 0.15) is 28.4 Å². The second-order valence-corrected chi connectivity index (χ2v) is 7.28. The fraction of sp³-hybridized carbons (Fsp3) is 0.417. The van der Waals surface area contributed by atoms with Crippen LogP contribution in [0.25, 0.3) is 0 Å². The highest BCUT2D eigenvalue weighted by atomic mass is 16.5. The van der Waals surface area contributed by atoms with E-state index in [1.807, 2.05) is 43.3 Å². The lowest BCUT2D eigenvalue weighted by Gasteiger charge is -2.15. The minimum absolute atomic E-state index is 0.00269. The standard InChI is InChI=1S/C24H34N4O4/c1-7-25-24(26-12-11-17-9-8-10-18(13-17)23(29)28(2)3)27-16-20-21(31-5)14-19(30-4)15-22(20)32-6/h8-10,13-15H,7,11-12,16H2,1-6H3,(H2,25,26,27). The average Bonchev–Trinajstić information content (AvgIpc) is 2.81. The van der Waals surface area contributed by atoms with Crippen molar-refractivity contribution in [3.8, 4) is 17.2 Å². The summed E-state index contributed by atoms with van der Waals surface area (Å²) in [4.78, 5) is 18.4. The number of nitrogens with one attached hydrogen (secondary N) is 2. The third kappa shape index (κ3) is 6.80. The molecule has 1 amide bonds. The maximum Gasteiger partial charge on any atom is 0.253 e. The first-order valence-corrected chi connectivity index (χ1v) is 10.5. The molecule has 0 bridgehead atoms. The number of benzene rings is 2. The number of aliphatic imine (C=N–C) groups is 1. The highest BCUT2D eigenvalue weighted by Gasteiger charge is 2.13. The van der Waals surface area contributed by atoms with E-state index >= 15 is 0 Å². The van der Waals surface area contributed by atoms with Crippen molar-refractivity contribution in [2.45, 2.75) is 19.9 Å². The Kier molecular flexibility index (Phi) is 9.66. The molecule has 0 spiro atoms. The van der Waals surface area contributed by atoms with Crippen molar-refractivity contribution in [3.63, 3.8) is 0 Å². The number of hydrogen-bond acceptors (Lipinski definition) is 5. The van der Waals surface area contributed by atoms with Gasteiger partial charge in [-0.3, -0.25) is 4.79 Å². The van der Waals surface area contributed by atoms with Gasteiger partial charge in [-0.2, -0.15) is 0 Å². The largest absolute Gasteiger partial charge is 0.496 e. The maximum atomic E-state index is 12.2. The summed E-state index contributed by atoms with van der Waals surface area (Å²) < 4.78 is 16.3. The van der Waals surface area contributed by atoms with Gasteiger partial charge in [0.1, 0.15) is 17.2 Å². The molecule has 0 fully saturated rings. The van der Waals surface area contributed by atoms with Crippen LogP contribution in [0.2, 0.25) is 0 Å². The van der Waals surface area contributed by atoms with Crippen molar-refractivity contribution >= 4 is 11.9 Å². The van der Waals surface area contributed by atoms with Crippen molar-refractivity contribution in [2.75, 3.05) is 48.5 Å². The van der Waals surface area contributed by atoms with Crippen LogP contribution in [0.3, 0.4) is 0 Å². The molecule has 2 rings (SSSR count). The summed E-state index contributed by atoms with van der Waals surface area (Å²) in [6, 6.07) is 11.3. The molecule has 0 unspecified atom stereocenters. The van der Waals surface area contributed by atoms with E-state index in [0.29, 0.717) is 41.9 Å². The minimum Gasteiger partial charge on any atom is -0.496 e. The van der Waals surface area contributed by atoms with Crippen molar-refractivity contribution in [1.29, 1.82) is 0 Å². The molecule has 0 aromatic heterocycles. The molecule has 32 heavy (non-hydrogen) atoms. The topological polar surface area (TPSA) is 84.4 Å². The Balaban J connectivity index is 2.09. The number of amides is 1. The van der Waals surface area contributed by atoms with E-state index in [0.717, 1.165) is 24.1 Å². The normalized spacial score (nSPS) is 11.0. The first kappa shape index (κ1) is 24.8. The van der Waals surface area contributed by atoms with Gasteiger partial charge in [-0.1, -0.05) is 12.1 Å². The lowest BCUT2D eigenvalue weighted by molar-refractivity contribution is 0.0827. The summed E-state index contributed by atoms with van der Waals surface area (Å²) in [6.07, 6.45) is 0.758. The third-order valence-corrected chi connectivity index (χ3v) is 4.84. The summed E-state index contributed by atoms with van der Waals surface area (Å²) >= 11 is 0. The van der Waals surface area contributed by atoms with Crippen LogP contribution in [0, 0.1) is 0 Å². The van der Waals surface area contributed by atoms with Gasteiger partial charge in [-0.25, -0.2) is 4.99 Å².